The Kier molecular flexibility index (Phi) is 6.52. The van der Waals surface area contributed by atoms with Crippen LogP contribution in [0.5, 0.6) is 11.5 Å². The highest BCUT2D eigenvalue weighted by atomic mass is 35.5. The van der Waals surface area contributed by atoms with Gasteiger partial charge in [0.1, 0.15) is 23.7 Å². The first kappa shape index (κ1) is 24.1. The van der Waals surface area contributed by atoms with E-state index in [2.05, 4.69) is 4.90 Å². The minimum Gasteiger partial charge on any atom is -0.489 e. The van der Waals surface area contributed by atoms with E-state index in [1.54, 1.807) is 0 Å². The number of rotatable bonds is 6. The maximum absolute atomic E-state index is 13.1. The lowest BCUT2D eigenvalue weighted by Gasteiger charge is -2.31. The van der Waals surface area contributed by atoms with E-state index in [4.69, 9.17) is 25.5 Å². The quantitative estimate of drug-likeness (QED) is 0.219. The van der Waals surface area contributed by atoms with Crippen molar-refractivity contribution >= 4 is 28.3 Å². The molecular formula is C32H26ClNO4. The van der Waals surface area contributed by atoms with Gasteiger partial charge in [-0.15, -0.1) is 0 Å². The fourth-order valence-corrected chi connectivity index (χ4v) is 5.15. The molecule has 1 aromatic heterocycles. The Hall–Kier alpha value is -4.22. The normalized spacial score (nSPS) is 12.7. The summed E-state index contributed by atoms with van der Waals surface area (Å²) in [5, 5.41) is 1.34. The van der Waals surface area contributed by atoms with Gasteiger partial charge >= 0.3 is 5.63 Å². The number of ether oxygens (including phenoxy) is 2. The average Bonchev–Trinajstić information content (AvgIpc) is 2.96. The van der Waals surface area contributed by atoms with E-state index in [1.807, 2.05) is 97.9 Å². The van der Waals surface area contributed by atoms with Crippen LogP contribution >= 0.6 is 11.6 Å². The molecule has 5 nitrogen and oxygen atoms in total. The minimum atomic E-state index is -0.333. The zero-order valence-corrected chi connectivity index (χ0v) is 21.7. The number of nitrogens with zero attached hydrogens (tertiary/aromatic N) is 1. The van der Waals surface area contributed by atoms with Gasteiger partial charge in [-0.05, 0) is 53.9 Å². The lowest BCUT2D eigenvalue weighted by atomic mass is 9.97. The monoisotopic (exact) mass is 523 g/mol. The Labute approximate surface area is 225 Å². The Morgan fingerprint density at radius 2 is 1.61 bits per heavy atom. The van der Waals surface area contributed by atoms with Gasteiger partial charge in [-0.25, -0.2) is 4.79 Å². The van der Waals surface area contributed by atoms with Gasteiger partial charge in [-0.2, -0.15) is 0 Å². The maximum atomic E-state index is 13.1. The lowest BCUT2D eigenvalue weighted by Crippen LogP contribution is -2.32. The summed E-state index contributed by atoms with van der Waals surface area (Å²) in [5.74, 6) is 1.36. The molecule has 6 rings (SSSR count). The van der Waals surface area contributed by atoms with Gasteiger partial charge in [0, 0.05) is 23.1 Å². The molecule has 6 heteroatoms. The second kappa shape index (κ2) is 10.3. The maximum Gasteiger partial charge on any atom is 0.340 e. The first-order chi connectivity index (χ1) is 18.6. The standard InChI is InChI=1S/C32H26ClNO4/c1-21-26-17-29(33)31-28(30(26)38-32(35)27(21)16-22-8-4-2-5-9-22)18-34(20-37-31)24-12-14-25(15-13-24)36-19-23-10-6-3-7-11-23/h2-15,17H,16,18-20H2,1H3. The molecule has 0 radical (unpaired) electrons. The number of hydrogen-bond acceptors (Lipinski definition) is 5. The Balaban J connectivity index is 1.28. The van der Waals surface area contributed by atoms with Crippen molar-refractivity contribution < 1.29 is 13.9 Å². The van der Waals surface area contributed by atoms with Crippen molar-refractivity contribution in [3.05, 3.63) is 134 Å². The highest BCUT2D eigenvalue weighted by Gasteiger charge is 2.26. The van der Waals surface area contributed by atoms with Gasteiger partial charge < -0.3 is 18.8 Å². The van der Waals surface area contributed by atoms with Crippen LogP contribution < -0.4 is 20.0 Å². The second-order valence-corrected chi connectivity index (χ2v) is 9.84. The summed E-state index contributed by atoms with van der Waals surface area (Å²) in [4.78, 5) is 15.2. The molecule has 0 saturated carbocycles. The van der Waals surface area contributed by atoms with Crippen LogP contribution in [0.15, 0.2) is 100 Å². The van der Waals surface area contributed by atoms with Gasteiger partial charge in [-0.1, -0.05) is 72.3 Å². The topological polar surface area (TPSA) is 51.9 Å². The van der Waals surface area contributed by atoms with Crippen molar-refractivity contribution in [2.75, 3.05) is 11.6 Å². The van der Waals surface area contributed by atoms with Crippen molar-refractivity contribution in [2.45, 2.75) is 26.5 Å². The molecule has 0 saturated heterocycles. The van der Waals surface area contributed by atoms with Crippen LogP contribution in [0, 0.1) is 6.92 Å². The fraction of sp³-hybridized carbons (Fsp3) is 0.156. The smallest absolute Gasteiger partial charge is 0.340 e. The van der Waals surface area contributed by atoms with Crippen LogP contribution in [0.3, 0.4) is 0 Å². The molecule has 2 heterocycles. The van der Waals surface area contributed by atoms with Gasteiger partial charge in [0.05, 0.1) is 17.1 Å². The largest absolute Gasteiger partial charge is 0.489 e. The molecule has 1 aliphatic heterocycles. The number of benzene rings is 4. The molecule has 0 aliphatic carbocycles. The Bertz CT molecular complexity index is 1650. The first-order valence-electron chi connectivity index (χ1n) is 12.5. The molecule has 4 aromatic carbocycles. The lowest BCUT2D eigenvalue weighted by molar-refractivity contribution is 0.289. The zero-order valence-electron chi connectivity index (χ0n) is 20.9. The summed E-state index contributed by atoms with van der Waals surface area (Å²) in [6.45, 7) is 3.29. The van der Waals surface area contributed by atoms with E-state index in [9.17, 15) is 4.79 Å². The molecule has 0 amide bonds. The Morgan fingerprint density at radius 3 is 2.32 bits per heavy atom. The summed E-state index contributed by atoms with van der Waals surface area (Å²) in [6.07, 6.45) is 0.501. The summed E-state index contributed by atoms with van der Waals surface area (Å²) >= 11 is 6.67. The number of hydrogen-bond donors (Lipinski definition) is 0. The van der Waals surface area contributed by atoms with Crippen molar-refractivity contribution in [1.82, 2.24) is 0 Å². The summed E-state index contributed by atoms with van der Waals surface area (Å²) in [7, 11) is 0. The van der Waals surface area contributed by atoms with Gasteiger partial charge in [0.2, 0.25) is 0 Å². The fourth-order valence-electron chi connectivity index (χ4n) is 4.88. The van der Waals surface area contributed by atoms with E-state index < -0.39 is 0 Å². The van der Waals surface area contributed by atoms with E-state index in [0.29, 0.717) is 48.2 Å². The summed E-state index contributed by atoms with van der Waals surface area (Å²) in [5.41, 5.74) is 5.62. The SMILES string of the molecule is Cc1c(Cc2ccccc2)c(=O)oc2c3c(c(Cl)cc12)OCN(c1ccc(OCc2ccccc2)cc1)C3. The van der Waals surface area contributed by atoms with E-state index in [1.165, 1.54) is 0 Å². The van der Waals surface area contributed by atoms with E-state index >= 15 is 0 Å². The van der Waals surface area contributed by atoms with Crippen molar-refractivity contribution in [3.8, 4) is 11.5 Å². The molecule has 0 unspecified atom stereocenters. The number of anilines is 1. The van der Waals surface area contributed by atoms with Crippen LogP contribution in [0.1, 0.15) is 27.8 Å². The van der Waals surface area contributed by atoms with Crippen LogP contribution in [0.2, 0.25) is 5.02 Å². The summed E-state index contributed by atoms with van der Waals surface area (Å²) < 4.78 is 17.9. The molecule has 0 spiro atoms. The molecule has 0 bridgehead atoms. The molecule has 1 aliphatic rings. The third-order valence-electron chi connectivity index (χ3n) is 6.97. The highest BCUT2D eigenvalue weighted by molar-refractivity contribution is 6.33. The molecule has 38 heavy (non-hydrogen) atoms. The predicted molar refractivity (Wildman–Crippen MR) is 150 cm³/mol. The van der Waals surface area contributed by atoms with E-state index in [0.717, 1.165) is 39.1 Å². The molecule has 190 valence electrons. The molecule has 0 N–H and O–H groups in total. The second-order valence-electron chi connectivity index (χ2n) is 9.44. The average molecular weight is 524 g/mol. The van der Waals surface area contributed by atoms with Gasteiger partial charge in [0.25, 0.3) is 0 Å². The number of fused-ring (bicyclic) bond motifs is 3. The minimum absolute atomic E-state index is 0.331. The molecule has 0 atom stereocenters. The zero-order chi connectivity index (χ0) is 26.1. The highest BCUT2D eigenvalue weighted by Crippen LogP contribution is 2.41. The van der Waals surface area contributed by atoms with E-state index in [-0.39, 0.29) is 5.63 Å². The third-order valence-corrected chi connectivity index (χ3v) is 7.25. The van der Waals surface area contributed by atoms with Crippen molar-refractivity contribution in [3.63, 3.8) is 0 Å². The van der Waals surface area contributed by atoms with Crippen LogP contribution in [0.25, 0.3) is 11.0 Å². The predicted octanol–water partition coefficient (Wildman–Crippen LogP) is 7.28. The van der Waals surface area contributed by atoms with Crippen LogP contribution in [-0.4, -0.2) is 6.73 Å². The molecule has 5 aromatic rings. The third kappa shape index (κ3) is 4.73. The van der Waals surface area contributed by atoms with Crippen molar-refractivity contribution in [1.29, 1.82) is 0 Å². The summed E-state index contributed by atoms with van der Waals surface area (Å²) in [6, 6.07) is 29.7. The van der Waals surface area contributed by atoms with Crippen molar-refractivity contribution in [2.24, 2.45) is 0 Å². The van der Waals surface area contributed by atoms with Gasteiger partial charge in [-0.3, -0.25) is 0 Å². The molecular weight excluding hydrogens is 498 g/mol. The van der Waals surface area contributed by atoms with Crippen LogP contribution in [0.4, 0.5) is 5.69 Å². The Morgan fingerprint density at radius 1 is 0.921 bits per heavy atom. The number of halogens is 1. The van der Waals surface area contributed by atoms with Gasteiger partial charge in [0.15, 0.2) is 6.73 Å². The first-order valence-corrected chi connectivity index (χ1v) is 12.9. The molecule has 0 fully saturated rings. The van der Waals surface area contributed by atoms with Crippen LogP contribution in [-0.2, 0) is 19.6 Å². The number of aryl methyl sites for hydroxylation is 1.